The standard InChI is InChI=1S/C22H33N5O3.C9H8FNO2.C9H15NO3S/c1-22(2,3)18(21(30)27-11-5-8-17(27)19(23)28)25-16-7-4-6-15(14-16)20(29)26-12-9-24-10-13-26;10-8-3-1-2-6-4-11(9(12)13)5-7(6)8;1-2-6-5-8(6)9(11)10-14(12,13)7-3-4-7/h4,6-7,14,17-18,24-25H,5,8-13H2,1-3H3,(H2,23,28);1-3H,4-5H2,(H,12,13);6-8H,2-5H2,1H3,(H,10,11). The predicted octanol–water partition coefficient (Wildman–Crippen LogP) is 3.50. The zero-order chi connectivity index (χ0) is 41.7. The van der Waals surface area contributed by atoms with E-state index in [9.17, 15) is 36.8 Å². The molecule has 312 valence electrons. The van der Waals surface area contributed by atoms with E-state index in [1.54, 1.807) is 29.2 Å². The first-order chi connectivity index (χ1) is 26.9. The minimum Gasteiger partial charge on any atom is -0.465 e. The largest absolute Gasteiger partial charge is 0.465 e. The molecule has 3 heterocycles. The Morgan fingerprint density at radius 3 is 2.25 bits per heavy atom. The highest BCUT2D eigenvalue weighted by molar-refractivity contribution is 7.90. The fourth-order valence-electron chi connectivity index (χ4n) is 7.31. The maximum atomic E-state index is 13.4. The average Bonchev–Trinajstić information content (AvgIpc) is 4.08. The van der Waals surface area contributed by atoms with Crippen LogP contribution in [0.5, 0.6) is 0 Å². The Morgan fingerprint density at radius 2 is 1.67 bits per heavy atom. The number of hydrogen-bond donors (Lipinski definition) is 5. The van der Waals surface area contributed by atoms with Gasteiger partial charge in [-0.1, -0.05) is 52.3 Å². The third-order valence-electron chi connectivity index (χ3n) is 11.0. The molecular formula is C40H56FN7O8S. The highest BCUT2D eigenvalue weighted by Crippen LogP contribution is 2.41. The molecule has 2 aromatic carbocycles. The van der Waals surface area contributed by atoms with Crippen LogP contribution >= 0.6 is 0 Å². The van der Waals surface area contributed by atoms with Crippen molar-refractivity contribution in [1.29, 1.82) is 0 Å². The van der Waals surface area contributed by atoms with Gasteiger partial charge in [-0.15, -0.1) is 0 Å². The van der Waals surface area contributed by atoms with Crippen LogP contribution < -0.4 is 21.1 Å². The summed E-state index contributed by atoms with van der Waals surface area (Å²) in [5, 5.41) is 15.0. The third-order valence-corrected chi connectivity index (χ3v) is 12.8. The van der Waals surface area contributed by atoms with Crippen LogP contribution in [0.25, 0.3) is 0 Å². The van der Waals surface area contributed by atoms with Crippen molar-refractivity contribution in [2.75, 3.05) is 38.0 Å². The van der Waals surface area contributed by atoms with E-state index in [0.717, 1.165) is 37.9 Å². The van der Waals surface area contributed by atoms with Crippen LogP contribution in [0.2, 0.25) is 0 Å². The molecule has 17 heteroatoms. The van der Waals surface area contributed by atoms with Gasteiger partial charge in [0.1, 0.15) is 17.9 Å². The summed E-state index contributed by atoms with van der Waals surface area (Å²) in [5.74, 6) is -0.852. The van der Waals surface area contributed by atoms with Gasteiger partial charge < -0.3 is 31.3 Å². The number of halogens is 1. The first-order valence-corrected chi connectivity index (χ1v) is 21.2. The van der Waals surface area contributed by atoms with E-state index in [0.29, 0.717) is 68.2 Å². The smallest absolute Gasteiger partial charge is 0.407 e. The summed E-state index contributed by atoms with van der Waals surface area (Å²) >= 11 is 0. The van der Waals surface area contributed by atoms with Crippen molar-refractivity contribution in [1.82, 2.24) is 24.7 Å². The molecule has 2 aromatic rings. The minimum atomic E-state index is -3.32. The average molecular weight is 814 g/mol. The number of sulfonamides is 1. The number of carbonyl (C=O) groups is 5. The number of likely N-dealkylation sites (tertiary alicyclic amines) is 1. The lowest BCUT2D eigenvalue weighted by Crippen LogP contribution is -2.53. The van der Waals surface area contributed by atoms with Gasteiger partial charge in [0, 0.05) is 62.0 Å². The van der Waals surface area contributed by atoms with Crippen LogP contribution in [0.3, 0.4) is 0 Å². The number of nitrogens with zero attached hydrogens (tertiary/aromatic N) is 3. The number of benzene rings is 2. The van der Waals surface area contributed by atoms with Crippen molar-refractivity contribution >= 4 is 45.4 Å². The van der Waals surface area contributed by atoms with Crippen LogP contribution in [-0.2, 0) is 37.5 Å². The first kappa shape index (κ1) is 43.4. The summed E-state index contributed by atoms with van der Waals surface area (Å²) in [5.41, 5.74) is 7.68. The maximum absolute atomic E-state index is 13.4. The Morgan fingerprint density at radius 1 is 0.982 bits per heavy atom. The Labute approximate surface area is 333 Å². The van der Waals surface area contributed by atoms with Crippen molar-refractivity contribution in [2.45, 2.75) is 96.6 Å². The summed E-state index contributed by atoms with van der Waals surface area (Å²) in [6.45, 7) is 11.9. The second kappa shape index (κ2) is 18.2. The number of primary amides is 1. The number of nitrogens with two attached hydrogens (primary N) is 1. The van der Waals surface area contributed by atoms with Crippen molar-refractivity contribution in [3.05, 3.63) is 65.0 Å². The van der Waals surface area contributed by atoms with Crippen molar-refractivity contribution in [3.8, 4) is 0 Å². The summed E-state index contributed by atoms with van der Waals surface area (Å²) in [6, 6.07) is 10.9. The Hall–Kier alpha value is -4.77. The normalized spacial score (nSPS) is 21.8. The molecule has 2 aliphatic carbocycles. The number of nitrogens with one attached hydrogen (secondary N) is 3. The van der Waals surface area contributed by atoms with E-state index < -0.39 is 39.5 Å². The molecule has 2 saturated carbocycles. The van der Waals surface area contributed by atoms with Crippen LogP contribution in [0.15, 0.2) is 42.5 Å². The fraction of sp³-hybridized carbons (Fsp3) is 0.575. The third kappa shape index (κ3) is 11.2. The fourth-order valence-corrected chi connectivity index (χ4v) is 8.67. The quantitative estimate of drug-likeness (QED) is 0.249. The van der Waals surface area contributed by atoms with Gasteiger partial charge in [-0.2, -0.15) is 0 Å². The lowest BCUT2D eigenvalue weighted by Gasteiger charge is -2.35. The van der Waals surface area contributed by atoms with Gasteiger partial charge in [-0.25, -0.2) is 17.6 Å². The predicted molar refractivity (Wildman–Crippen MR) is 212 cm³/mol. The summed E-state index contributed by atoms with van der Waals surface area (Å²) in [6.07, 6.45) is 3.58. The Bertz CT molecular complexity index is 1930. The molecular weight excluding hydrogens is 758 g/mol. The molecule has 0 radical (unpaired) electrons. The van der Waals surface area contributed by atoms with Crippen LogP contribution in [0, 0.1) is 23.1 Å². The van der Waals surface area contributed by atoms with Crippen LogP contribution in [0.1, 0.15) is 87.7 Å². The number of piperazine rings is 1. The number of amides is 5. The van der Waals surface area contributed by atoms with Crippen LogP contribution in [0.4, 0.5) is 14.9 Å². The highest BCUT2D eigenvalue weighted by atomic mass is 32.2. The molecule has 5 amide bonds. The second-order valence-electron chi connectivity index (χ2n) is 16.4. The van der Waals surface area contributed by atoms with E-state index >= 15 is 0 Å². The number of hydrogen-bond acceptors (Lipinski definition) is 9. The van der Waals surface area contributed by atoms with Gasteiger partial charge in [0.2, 0.25) is 27.7 Å². The van der Waals surface area contributed by atoms with Crippen molar-refractivity contribution in [2.24, 2.45) is 23.0 Å². The highest BCUT2D eigenvalue weighted by Gasteiger charge is 2.45. The maximum Gasteiger partial charge on any atom is 0.407 e. The molecule has 0 spiro atoms. The van der Waals surface area contributed by atoms with Gasteiger partial charge in [-0.3, -0.25) is 28.8 Å². The van der Waals surface area contributed by atoms with E-state index in [1.807, 2.05) is 44.7 Å². The Balaban J connectivity index is 0.000000188. The van der Waals surface area contributed by atoms with Gasteiger partial charge in [0.25, 0.3) is 5.91 Å². The van der Waals surface area contributed by atoms with Gasteiger partial charge >= 0.3 is 6.09 Å². The van der Waals surface area contributed by atoms with Crippen molar-refractivity contribution in [3.63, 3.8) is 0 Å². The monoisotopic (exact) mass is 813 g/mol. The van der Waals surface area contributed by atoms with Gasteiger partial charge in [0.05, 0.1) is 11.8 Å². The number of fused-ring (bicyclic) bond motifs is 1. The number of carboxylic acid groups (broad SMARTS) is 1. The number of anilines is 1. The van der Waals surface area contributed by atoms with Gasteiger partial charge in [-0.05, 0) is 73.3 Å². The molecule has 4 fully saturated rings. The second-order valence-corrected chi connectivity index (χ2v) is 18.4. The van der Waals surface area contributed by atoms with Crippen LogP contribution in [-0.4, -0.2) is 108 Å². The van der Waals surface area contributed by atoms with Crippen molar-refractivity contribution < 1.29 is 41.9 Å². The van der Waals surface area contributed by atoms with E-state index in [-0.39, 0.29) is 41.3 Å². The topological polar surface area (TPSA) is 212 Å². The molecule has 0 bridgehead atoms. The molecule has 4 atom stereocenters. The number of carbonyl (C=O) groups excluding carboxylic acids is 4. The number of rotatable bonds is 9. The lowest BCUT2D eigenvalue weighted by molar-refractivity contribution is -0.139. The summed E-state index contributed by atoms with van der Waals surface area (Å²) in [4.78, 5) is 64.6. The molecule has 2 saturated heterocycles. The summed E-state index contributed by atoms with van der Waals surface area (Å²) < 4.78 is 38.1. The van der Waals surface area contributed by atoms with E-state index in [4.69, 9.17) is 10.8 Å². The molecule has 15 nitrogen and oxygen atoms in total. The molecule has 57 heavy (non-hydrogen) atoms. The summed E-state index contributed by atoms with van der Waals surface area (Å²) in [7, 11) is -3.32. The molecule has 7 rings (SSSR count). The Kier molecular flexibility index (Phi) is 13.9. The molecule has 5 aliphatic rings. The van der Waals surface area contributed by atoms with E-state index in [1.165, 1.54) is 11.0 Å². The van der Waals surface area contributed by atoms with Gasteiger partial charge in [0.15, 0.2) is 0 Å². The SMILES string of the molecule is CC(C)(C)C(Nc1cccc(C(=O)N2CCNCC2)c1)C(=O)N1CCCC1C(N)=O.CCC1CC1C(=O)NS(=O)(=O)C1CC1.O=C(O)N1Cc2cccc(F)c2C1. The molecule has 0 aromatic heterocycles. The molecule has 4 unspecified atom stereocenters. The molecule has 3 aliphatic heterocycles. The van der Waals surface area contributed by atoms with E-state index in [2.05, 4.69) is 15.4 Å². The minimum absolute atomic E-state index is 0.00730. The lowest BCUT2D eigenvalue weighted by atomic mass is 9.85. The molecule has 6 N–H and O–H groups in total. The first-order valence-electron chi connectivity index (χ1n) is 19.7. The zero-order valence-electron chi connectivity index (χ0n) is 33.1. The zero-order valence-corrected chi connectivity index (χ0v) is 33.9.